The van der Waals surface area contributed by atoms with Crippen molar-refractivity contribution >= 4 is 15.9 Å². The van der Waals surface area contributed by atoms with Gasteiger partial charge >= 0.3 is 0 Å². The molecular weight excluding hydrogens is 266 g/mol. The van der Waals surface area contributed by atoms with Gasteiger partial charge in [-0.15, -0.1) is 0 Å². The van der Waals surface area contributed by atoms with Crippen molar-refractivity contribution in [2.24, 2.45) is 0 Å². The molecule has 0 aliphatic heterocycles. The normalized spacial score (nSPS) is 12.4. The number of carbonyl (C=O) groups is 1. The summed E-state index contributed by atoms with van der Waals surface area (Å²) in [4.78, 5) is 11.4. The van der Waals surface area contributed by atoms with Gasteiger partial charge in [0.25, 0.3) is 10.1 Å². The molecule has 0 atom stereocenters. The van der Waals surface area contributed by atoms with E-state index < -0.39 is 10.1 Å². The average molecular weight is 292 g/mol. The lowest BCUT2D eigenvalue weighted by Crippen LogP contribution is -2.41. The maximum Gasteiger partial charge on any atom is 0.265 e. The molecule has 0 saturated carbocycles. The molecule has 0 amide bonds. The number of carbonyl (C=O) groups excluding carboxylic acids is 1. The van der Waals surface area contributed by atoms with Crippen LogP contribution in [0.1, 0.15) is 32.6 Å². The van der Waals surface area contributed by atoms with Crippen molar-refractivity contribution in [3.8, 4) is 0 Å². The fourth-order valence-electron chi connectivity index (χ4n) is 1.83. The second kappa shape index (κ2) is 7.77. The van der Waals surface area contributed by atoms with E-state index in [0.29, 0.717) is 29.4 Å². The molecule has 0 aliphatic rings. The van der Waals surface area contributed by atoms with E-state index in [1.54, 1.807) is 6.92 Å². The van der Waals surface area contributed by atoms with Crippen molar-refractivity contribution in [2.45, 2.75) is 32.6 Å². The van der Waals surface area contributed by atoms with Crippen LogP contribution in [0.2, 0.25) is 0 Å². The van der Waals surface area contributed by atoms with Gasteiger partial charge in [0.1, 0.15) is 0 Å². The number of nitrogens with zero attached hydrogens (tertiary/aromatic N) is 1. The zero-order valence-corrected chi connectivity index (χ0v) is 13.0. The Morgan fingerprint density at radius 2 is 1.68 bits per heavy atom. The Morgan fingerprint density at radius 1 is 1.16 bits per heavy atom. The molecule has 0 heterocycles. The smallest absolute Gasteiger partial charge is 0.265 e. The van der Waals surface area contributed by atoms with Gasteiger partial charge in [0.2, 0.25) is 0 Å². The Morgan fingerprint density at radius 3 is 2.16 bits per heavy atom. The van der Waals surface area contributed by atoms with Crippen molar-refractivity contribution in [3.63, 3.8) is 0 Å². The highest BCUT2D eigenvalue weighted by Gasteiger charge is 2.16. The van der Waals surface area contributed by atoms with Crippen molar-refractivity contribution in [2.75, 3.05) is 32.9 Å². The minimum absolute atomic E-state index is 0.108. The Hall–Kier alpha value is -0.720. The summed E-state index contributed by atoms with van der Waals surface area (Å²) >= 11 is 0. The highest BCUT2D eigenvalue weighted by atomic mass is 32.2. The van der Waals surface area contributed by atoms with Crippen LogP contribution < -0.4 is 0 Å². The summed E-state index contributed by atoms with van der Waals surface area (Å²) in [6, 6.07) is 0. The van der Waals surface area contributed by atoms with Crippen molar-refractivity contribution in [3.05, 3.63) is 12.2 Å². The van der Waals surface area contributed by atoms with Crippen LogP contribution in [-0.2, 0) is 14.9 Å². The van der Waals surface area contributed by atoms with E-state index in [0.717, 1.165) is 19.4 Å². The number of unbranched alkanes of at least 4 members (excludes halogenated alkanes) is 1. The van der Waals surface area contributed by atoms with Crippen LogP contribution in [0.5, 0.6) is 0 Å². The second-order valence-electron chi connectivity index (χ2n) is 5.68. The molecule has 112 valence electrons. The average Bonchev–Trinajstić information content (AvgIpc) is 2.21. The molecule has 0 radical (unpaired) electrons. The minimum Gasteiger partial charge on any atom is -0.328 e. The summed E-state index contributed by atoms with van der Waals surface area (Å²) in [5.41, 5.74) is 0.599. The Labute approximate surface area is 116 Å². The fourth-order valence-corrected chi connectivity index (χ4v) is 2.32. The van der Waals surface area contributed by atoms with E-state index in [1.165, 1.54) is 0 Å². The number of allylic oxidation sites excluding steroid dienone is 1. The van der Waals surface area contributed by atoms with Crippen LogP contribution in [-0.4, -0.2) is 56.2 Å². The Bertz CT molecular complexity index is 412. The van der Waals surface area contributed by atoms with Gasteiger partial charge in [0, 0.05) is 12.8 Å². The number of Topliss-reactive ketones (excluding diaryl/α,β-unsaturated/α-hetero) is 1. The number of hydrogen-bond donors (Lipinski definition) is 1. The maximum absolute atomic E-state index is 11.4. The SMILES string of the molecule is C=C(C)C(=O)CCCC[N+](C)(C)CCCS(=O)(=O)O. The summed E-state index contributed by atoms with van der Waals surface area (Å²) in [7, 11) is 0.180. The number of hydrogen-bond acceptors (Lipinski definition) is 3. The third-order valence-electron chi connectivity index (χ3n) is 3.06. The topological polar surface area (TPSA) is 71.4 Å². The van der Waals surface area contributed by atoms with Crippen LogP contribution in [0.25, 0.3) is 0 Å². The van der Waals surface area contributed by atoms with Crippen LogP contribution in [0.3, 0.4) is 0 Å². The molecule has 0 spiro atoms. The molecule has 0 aliphatic carbocycles. The van der Waals surface area contributed by atoms with Gasteiger partial charge in [-0.05, 0) is 25.3 Å². The first-order valence-corrected chi connectivity index (χ1v) is 8.10. The lowest BCUT2D eigenvalue weighted by Gasteiger charge is -2.29. The highest BCUT2D eigenvalue weighted by Crippen LogP contribution is 2.08. The third kappa shape index (κ3) is 10.9. The monoisotopic (exact) mass is 292 g/mol. The van der Waals surface area contributed by atoms with Gasteiger partial charge in [-0.1, -0.05) is 6.58 Å². The Kier molecular flexibility index (Phi) is 7.47. The first kappa shape index (κ1) is 18.3. The van der Waals surface area contributed by atoms with Gasteiger partial charge in [-0.25, -0.2) is 0 Å². The molecule has 0 aromatic rings. The molecule has 0 bridgehead atoms. The molecule has 1 N–H and O–H groups in total. The lowest BCUT2D eigenvalue weighted by molar-refractivity contribution is -0.890. The molecule has 0 fully saturated rings. The standard InChI is InChI=1S/C13H25NO4S/c1-12(2)13(15)8-5-6-9-14(3,4)10-7-11-19(16,17)18/h1,5-11H2,2-4H3/p+1. The van der Waals surface area contributed by atoms with E-state index in [1.807, 2.05) is 14.1 Å². The molecule has 0 aromatic carbocycles. The number of quaternary nitrogens is 1. The van der Waals surface area contributed by atoms with E-state index in [-0.39, 0.29) is 11.5 Å². The number of rotatable bonds is 10. The zero-order valence-electron chi connectivity index (χ0n) is 12.2. The van der Waals surface area contributed by atoms with E-state index in [2.05, 4.69) is 6.58 Å². The maximum atomic E-state index is 11.4. The largest absolute Gasteiger partial charge is 0.328 e. The second-order valence-corrected chi connectivity index (χ2v) is 7.26. The van der Waals surface area contributed by atoms with Gasteiger partial charge in [-0.2, -0.15) is 8.42 Å². The molecule has 0 unspecified atom stereocenters. The molecular formula is C13H26NO4S+. The predicted octanol–water partition coefficient (Wildman–Crippen LogP) is 1.66. The Balaban J connectivity index is 3.85. The molecule has 5 nitrogen and oxygen atoms in total. The number of ketones is 1. The summed E-state index contributed by atoms with van der Waals surface area (Å²) < 4.78 is 30.6. The third-order valence-corrected chi connectivity index (χ3v) is 3.86. The molecule has 19 heavy (non-hydrogen) atoms. The van der Waals surface area contributed by atoms with Crippen molar-refractivity contribution in [1.82, 2.24) is 0 Å². The minimum atomic E-state index is -3.86. The molecule has 6 heteroatoms. The zero-order chi connectivity index (χ0) is 15.1. The van der Waals surface area contributed by atoms with Crippen LogP contribution >= 0.6 is 0 Å². The van der Waals surface area contributed by atoms with Gasteiger partial charge in [0.15, 0.2) is 5.78 Å². The van der Waals surface area contributed by atoms with E-state index in [9.17, 15) is 13.2 Å². The van der Waals surface area contributed by atoms with E-state index >= 15 is 0 Å². The summed E-state index contributed by atoms with van der Waals surface area (Å²) in [5, 5.41) is 0. The van der Waals surface area contributed by atoms with Crippen molar-refractivity contribution < 1.29 is 22.2 Å². The molecule has 0 rings (SSSR count). The first-order chi connectivity index (χ1) is 8.53. The molecule has 0 saturated heterocycles. The van der Waals surface area contributed by atoms with Gasteiger partial charge < -0.3 is 4.48 Å². The van der Waals surface area contributed by atoms with Gasteiger partial charge in [-0.3, -0.25) is 9.35 Å². The van der Waals surface area contributed by atoms with E-state index in [4.69, 9.17) is 4.55 Å². The summed E-state index contributed by atoms with van der Waals surface area (Å²) in [5.74, 6) is -0.0836. The summed E-state index contributed by atoms with van der Waals surface area (Å²) in [6.45, 7) is 6.90. The van der Waals surface area contributed by atoms with Crippen LogP contribution in [0, 0.1) is 0 Å². The highest BCUT2D eigenvalue weighted by molar-refractivity contribution is 7.85. The lowest BCUT2D eigenvalue weighted by atomic mass is 10.1. The van der Waals surface area contributed by atoms with Crippen molar-refractivity contribution in [1.29, 1.82) is 0 Å². The predicted molar refractivity (Wildman–Crippen MR) is 76.5 cm³/mol. The van der Waals surface area contributed by atoms with Gasteiger partial charge in [0.05, 0.1) is 32.9 Å². The molecule has 0 aromatic heterocycles. The fraction of sp³-hybridized carbons (Fsp3) is 0.769. The quantitative estimate of drug-likeness (QED) is 0.288. The first-order valence-electron chi connectivity index (χ1n) is 6.49. The summed E-state index contributed by atoms with van der Waals surface area (Å²) in [6.07, 6.45) is 2.71. The van der Waals surface area contributed by atoms with Crippen LogP contribution in [0.4, 0.5) is 0 Å². The van der Waals surface area contributed by atoms with Crippen LogP contribution in [0.15, 0.2) is 12.2 Å².